The highest BCUT2D eigenvalue weighted by atomic mass is 35.5. The molecule has 0 rings (SSSR count). The van der Waals surface area contributed by atoms with Crippen molar-refractivity contribution >= 4 is 48.1 Å². The van der Waals surface area contributed by atoms with Gasteiger partial charge in [0.25, 0.3) is 13.3 Å². The number of carbonyl (C=O) groups excluding carboxylic acids is 1. The molecule has 19 heavy (non-hydrogen) atoms. The maximum atomic E-state index is 12.1. The van der Waals surface area contributed by atoms with Gasteiger partial charge in [-0.1, -0.05) is 48.7 Å². The first-order valence-corrected chi connectivity index (χ1v) is 8.81. The fourth-order valence-corrected chi connectivity index (χ4v) is 2.38. The minimum Gasteiger partial charge on any atom is -0.424 e. The zero-order chi connectivity index (χ0) is 15.1. The van der Waals surface area contributed by atoms with Crippen LogP contribution in [-0.4, -0.2) is 29.4 Å². The number of carbonyl (C=O) groups is 1. The predicted octanol–water partition coefficient (Wildman–Crippen LogP) is 4.07. The molecule has 5 nitrogen and oxygen atoms in total. The van der Waals surface area contributed by atoms with E-state index in [4.69, 9.17) is 48.8 Å². The van der Waals surface area contributed by atoms with Crippen LogP contribution in [0.3, 0.4) is 0 Å². The Bertz CT molecular complexity index is 364. The zero-order valence-electron chi connectivity index (χ0n) is 10.8. The summed E-state index contributed by atoms with van der Waals surface area (Å²) in [5.41, 5.74) is 0.973. The molecule has 0 saturated heterocycles. The van der Waals surface area contributed by atoms with Crippen molar-refractivity contribution < 1.29 is 23.4 Å². The molecule has 112 valence electrons. The number of halogens is 3. The summed E-state index contributed by atoms with van der Waals surface area (Å²) in [6.07, 6.45) is -0.360. The molecule has 0 bridgehead atoms. The van der Waals surface area contributed by atoms with E-state index in [9.17, 15) is 9.36 Å². The van der Waals surface area contributed by atoms with E-state index in [-0.39, 0.29) is 5.95 Å². The quantitative estimate of drug-likeness (QED) is 0.216. The SMILES string of the molecule is CCP(=O)(CC)O/C(=C/Cl)OC(C)OC(=O)C(Cl)Cl. The van der Waals surface area contributed by atoms with E-state index in [2.05, 4.69) is 0 Å². The fraction of sp³-hybridized carbons (Fsp3) is 0.700. The molecule has 1 atom stereocenters. The van der Waals surface area contributed by atoms with Crippen LogP contribution in [0, 0.1) is 0 Å². The molecule has 9 heteroatoms. The van der Waals surface area contributed by atoms with Gasteiger partial charge in [0.15, 0.2) is 0 Å². The Kier molecular flexibility index (Phi) is 8.92. The lowest BCUT2D eigenvalue weighted by atomic mass is 10.7. The lowest BCUT2D eigenvalue weighted by molar-refractivity contribution is -0.170. The second-order valence-corrected chi connectivity index (χ2v) is 7.78. The highest BCUT2D eigenvalue weighted by Crippen LogP contribution is 2.48. The molecule has 0 aromatic heterocycles. The maximum Gasteiger partial charge on any atom is 0.342 e. The Morgan fingerprint density at radius 1 is 1.26 bits per heavy atom. The molecule has 0 aromatic rings. The van der Waals surface area contributed by atoms with Gasteiger partial charge in [-0.2, -0.15) is 0 Å². The third-order valence-electron chi connectivity index (χ3n) is 2.05. The summed E-state index contributed by atoms with van der Waals surface area (Å²) in [6.45, 7) is 4.87. The molecule has 1 unspecified atom stereocenters. The van der Waals surface area contributed by atoms with Crippen molar-refractivity contribution in [2.24, 2.45) is 0 Å². The van der Waals surface area contributed by atoms with Crippen LogP contribution in [-0.2, 0) is 23.4 Å². The Balaban J connectivity index is 4.51. The fourth-order valence-electron chi connectivity index (χ4n) is 0.986. The summed E-state index contributed by atoms with van der Waals surface area (Å²) in [7, 11) is -2.83. The van der Waals surface area contributed by atoms with Crippen LogP contribution in [0.25, 0.3) is 0 Å². The van der Waals surface area contributed by atoms with E-state index in [1.807, 2.05) is 0 Å². The first-order valence-electron chi connectivity index (χ1n) is 5.51. The standard InChI is InChI=1S/C10H16Cl3O5P/c1-4-19(15,5-2)18-8(6-11)16-7(3)17-10(14)9(12)13/h6-7,9H,4-5H2,1-3H3/b8-6+. The van der Waals surface area contributed by atoms with E-state index >= 15 is 0 Å². The van der Waals surface area contributed by atoms with Crippen molar-refractivity contribution in [2.45, 2.75) is 31.9 Å². The van der Waals surface area contributed by atoms with Crippen LogP contribution in [0.5, 0.6) is 0 Å². The average molecular weight is 354 g/mol. The molecule has 0 amide bonds. The number of hydrogen-bond donors (Lipinski definition) is 0. The second kappa shape index (κ2) is 8.96. The summed E-state index contributed by atoms with van der Waals surface area (Å²) < 4.78 is 27.1. The third kappa shape index (κ3) is 7.31. The molecule has 0 aliphatic carbocycles. The van der Waals surface area contributed by atoms with Crippen molar-refractivity contribution in [3.8, 4) is 0 Å². The van der Waals surface area contributed by atoms with Gasteiger partial charge < -0.3 is 14.0 Å². The number of hydrogen-bond acceptors (Lipinski definition) is 5. The lowest BCUT2D eigenvalue weighted by Crippen LogP contribution is -2.22. The highest BCUT2D eigenvalue weighted by Gasteiger charge is 2.24. The number of ether oxygens (including phenoxy) is 2. The summed E-state index contributed by atoms with van der Waals surface area (Å²) in [6, 6.07) is 0. The van der Waals surface area contributed by atoms with Crippen molar-refractivity contribution in [2.75, 3.05) is 12.3 Å². The van der Waals surface area contributed by atoms with Gasteiger partial charge in [0, 0.05) is 19.2 Å². The molecular formula is C10H16Cl3O5P. The molecule has 0 fully saturated rings. The van der Waals surface area contributed by atoms with Gasteiger partial charge in [-0.3, -0.25) is 4.57 Å². The monoisotopic (exact) mass is 352 g/mol. The maximum absolute atomic E-state index is 12.1. The average Bonchev–Trinajstić information content (AvgIpc) is 2.37. The van der Waals surface area contributed by atoms with Gasteiger partial charge in [-0.05, 0) is 0 Å². The molecular weight excluding hydrogens is 337 g/mol. The summed E-state index contributed by atoms with van der Waals surface area (Å²) >= 11 is 16.1. The van der Waals surface area contributed by atoms with Gasteiger partial charge in [0.05, 0.1) is 5.54 Å². The summed E-state index contributed by atoms with van der Waals surface area (Å²) in [4.78, 5) is 9.79. The lowest BCUT2D eigenvalue weighted by Gasteiger charge is -2.21. The number of esters is 1. The molecule has 0 N–H and O–H groups in total. The largest absolute Gasteiger partial charge is 0.424 e. The van der Waals surface area contributed by atoms with E-state index in [1.165, 1.54) is 6.92 Å². The van der Waals surface area contributed by atoms with Crippen LogP contribution >= 0.6 is 42.2 Å². The van der Waals surface area contributed by atoms with Crippen LogP contribution in [0.15, 0.2) is 11.5 Å². The Hall–Kier alpha value is -0.0900. The molecule has 0 spiro atoms. The first kappa shape index (κ1) is 18.9. The van der Waals surface area contributed by atoms with Crippen molar-refractivity contribution in [3.63, 3.8) is 0 Å². The van der Waals surface area contributed by atoms with E-state index in [0.29, 0.717) is 12.3 Å². The molecule has 0 aliphatic heterocycles. The normalized spacial score (nSPS) is 14.2. The number of rotatable bonds is 8. The van der Waals surface area contributed by atoms with Crippen molar-refractivity contribution in [3.05, 3.63) is 11.5 Å². The Labute approximate surface area is 127 Å². The van der Waals surface area contributed by atoms with Crippen molar-refractivity contribution in [1.82, 2.24) is 0 Å². The minimum atomic E-state index is -2.83. The van der Waals surface area contributed by atoms with E-state index in [0.717, 1.165) is 5.54 Å². The summed E-state index contributed by atoms with van der Waals surface area (Å²) in [5.74, 6) is -1.05. The Morgan fingerprint density at radius 2 is 1.79 bits per heavy atom. The van der Waals surface area contributed by atoms with Crippen LogP contribution in [0.4, 0.5) is 0 Å². The highest BCUT2D eigenvalue weighted by molar-refractivity contribution is 7.59. The third-order valence-corrected chi connectivity index (χ3v) is 5.03. The smallest absolute Gasteiger partial charge is 0.342 e. The molecule has 0 saturated carbocycles. The minimum absolute atomic E-state index is 0.185. The van der Waals surface area contributed by atoms with Gasteiger partial charge in [-0.15, -0.1) is 0 Å². The van der Waals surface area contributed by atoms with Gasteiger partial charge in [-0.25, -0.2) is 4.79 Å². The number of alkyl halides is 2. The van der Waals surface area contributed by atoms with Crippen molar-refractivity contribution in [1.29, 1.82) is 0 Å². The summed E-state index contributed by atoms with van der Waals surface area (Å²) in [5, 5.41) is 0. The Morgan fingerprint density at radius 3 is 2.16 bits per heavy atom. The second-order valence-electron chi connectivity index (χ2n) is 3.39. The molecule has 0 aliphatic rings. The zero-order valence-corrected chi connectivity index (χ0v) is 13.9. The van der Waals surface area contributed by atoms with E-state index < -0.39 is 24.5 Å². The van der Waals surface area contributed by atoms with Crippen LogP contribution in [0.2, 0.25) is 0 Å². The van der Waals surface area contributed by atoms with Gasteiger partial charge in [0.2, 0.25) is 11.1 Å². The molecule has 0 aromatic carbocycles. The van der Waals surface area contributed by atoms with Gasteiger partial charge in [0.1, 0.15) is 0 Å². The van der Waals surface area contributed by atoms with Crippen LogP contribution in [0.1, 0.15) is 20.8 Å². The predicted molar refractivity (Wildman–Crippen MR) is 75.8 cm³/mol. The first-order chi connectivity index (χ1) is 8.77. The molecule has 0 heterocycles. The van der Waals surface area contributed by atoms with Gasteiger partial charge >= 0.3 is 5.97 Å². The van der Waals surface area contributed by atoms with Crippen LogP contribution < -0.4 is 0 Å². The molecule has 0 radical (unpaired) electrons. The van der Waals surface area contributed by atoms with E-state index in [1.54, 1.807) is 13.8 Å². The topological polar surface area (TPSA) is 61.8 Å².